The van der Waals surface area contributed by atoms with Gasteiger partial charge in [0.05, 0.1) is 13.2 Å². The minimum atomic E-state index is -0.813. The number of ether oxygens (including phenoxy) is 2. The second kappa shape index (κ2) is 10.7. The van der Waals surface area contributed by atoms with Crippen LogP contribution in [0.25, 0.3) is 0 Å². The zero-order valence-electron chi connectivity index (χ0n) is 18.1. The number of anilines is 2. The quantitative estimate of drug-likeness (QED) is 0.437. The number of esters is 1. The van der Waals surface area contributed by atoms with Crippen molar-refractivity contribution in [1.82, 2.24) is 14.5 Å². The summed E-state index contributed by atoms with van der Waals surface area (Å²) in [6.45, 7) is 1.40. The van der Waals surface area contributed by atoms with Gasteiger partial charge in [-0.2, -0.15) is 0 Å². The minimum Gasteiger partial charge on any atom is -0.451 e. The predicted octanol–water partition coefficient (Wildman–Crippen LogP) is 0.980. The van der Waals surface area contributed by atoms with Gasteiger partial charge in [-0.3, -0.25) is 19.1 Å². The summed E-state index contributed by atoms with van der Waals surface area (Å²) in [5.74, 6) is -1.63. The fourth-order valence-corrected chi connectivity index (χ4v) is 3.83. The van der Waals surface area contributed by atoms with E-state index in [2.05, 4.69) is 9.97 Å². The van der Waals surface area contributed by atoms with E-state index in [4.69, 9.17) is 15.2 Å². The van der Waals surface area contributed by atoms with Gasteiger partial charge in [0, 0.05) is 19.0 Å². The molecule has 3 aromatic rings. The van der Waals surface area contributed by atoms with E-state index in [1.54, 1.807) is 31.2 Å². The summed E-state index contributed by atoms with van der Waals surface area (Å²) in [6, 6.07) is 9.04. The fraction of sp³-hybridized carbons (Fsp3) is 0.286. The molecule has 0 bridgehead atoms. The Morgan fingerprint density at radius 3 is 2.64 bits per heavy atom. The van der Waals surface area contributed by atoms with Crippen LogP contribution >= 0.6 is 11.3 Å². The summed E-state index contributed by atoms with van der Waals surface area (Å²) in [5.41, 5.74) is 5.28. The average molecular weight is 474 g/mol. The summed E-state index contributed by atoms with van der Waals surface area (Å²) in [4.78, 5) is 57.2. The van der Waals surface area contributed by atoms with E-state index in [0.29, 0.717) is 5.01 Å². The number of nitrogen functional groups attached to an aromatic ring is 1. The second-order valence-electron chi connectivity index (χ2n) is 6.84. The maximum absolute atomic E-state index is 12.8. The number of nitrogens with two attached hydrogens (primary N) is 1. The molecule has 3 rings (SSSR count). The van der Waals surface area contributed by atoms with Gasteiger partial charge in [-0.05, 0) is 12.5 Å². The number of rotatable bonds is 9. The van der Waals surface area contributed by atoms with Gasteiger partial charge < -0.3 is 20.1 Å². The molecule has 1 amide bonds. The molecule has 0 saturated heterocycles. The van der Waals surface area contributed by atoms with Gasteiger partial charge in [0.15, 0.2) is 18.0 Å². The molecular formula is C21H23N5O6S. The van der Waals surface area contributed by atoms with Crippen molar-refractivity contribution in [1.29, 1.82) is 0 Å². The first kappa shape index (κ1) is 23.9. The van der Waals surface area contributed by atoms with Gasteiger partial charge in [-0.25, -0.2) is 14.6 Å². The highest BCUT2D eigenvalue weighted by molar-refractivity contribution is 7.09. The first-order valence-corrected chi connectivity index (χ1v) is 10.8. The first-order valence-electron chi connectivity index (χ1n) is 9.93. The Morgan fingerprint density at radius 1 is 1.24 bits per heavy atom. The molecule has 3 N–H and O–H groups in total. The molecule has 11 nitrogen and oxygen atoms in total. The van der Waals surface area contributed by atoms with E-state index >= 15 is 0 Å². The minimum absolute atomic E-state index is 0.0525. The van der Waals surface area contributed by atoms with Crippen LogP contribution in [-0.2, 0) is 27.4 Å². The van der Waals surface area contributed by atoms with Gasteiger partial charge in [0.1, 0.15) is 10.8 Å². The van der Waals surface area contributed by atoms with E-state index in [1.165, 1.54) is 28.4 Å². The molecule has 2 heterocycles. The number of nitrogens with zero attached hydrogens (tertiary/aromatic N) is 3. The lowest BCUT2D eigenvalue weighted by atomic mass is 10.2. The molecular weight excluding hydrogens is 450 g/mol. The van der Waals surface area contributed by atoms with Crippen molar-refractivity contribution < 1.29 is 19.1 Å². The number of nitrogens with one attached hydrogen (secondary N) is 1. The van der Waals surface area contributed by atoms with Crippen LogP contribution in [0.4, 0.5) is 11.5 Å². The zero-order valence-corrected chi connectivity index (χ0v) is 18.9. The molecule has 0 unspecified atom stereocenters. The Labute approximate surface area is 192 Å². The number of hydrogen-bond acceptors (Lipinski definition) is 9. The number of aromatic nitrogens is 3. The number of H-pyrrole nitrogens is 1. The molecule has 174 valence electrons. The smallest absolute Gasteiger partial charge is 0.358 e. The topological polar surface area (TPSA) is 150 Å². The molecule has 1 aromatic carbocycles. The molecule has 0 fully saturated rings. The van der Waals surface area contributed by atoms with Gasteiger partial charge in [-0.15, -0.1) is 11.3 Å². The lowest BCUT2D eigenvalue weighted by Gasteiger charge is -2.23. The van der Waals surface area contributed by atoms with Crippen molar-refractivity contribution in [2.75, 3.05) is 30.9 Å². The Hall–Kier alpha value is -3.77. The van der Waals surface area contributed by atoms with Crippen molar-refractivity contribution >= 4 is 34.7 Å². The van der Waals surface area contributed by atoms with Gasteiger partial charge in [0.25, 0.3) is 11.5 Å². The maximum atomic E-state index is 12.8. The number of benzene rings is 1. The number of aromatic amines is 1. The highest BCUT2D eigenvalue weighted by atomic mass is 32.1. The molecule has 0 spiro atoms. The van der Waals surface area contributed by atoms with Crippen molar-refractivity contribution in [2.24, 2.45) is 0 Å². The van der Waals surface area contributed by atoms with Crippen molar-refractivity contribution in [3.05, 3.63) is 72.8 Å². The van der Waals surface area contributed by atoms with Crippen molar-refractivity contribution in [3.63, 3.8) is 0 Å². The monoisotopic (exact) mass is 473 g/mol. The number of carbonyl (C=O) groups is 2. The molecule has 12 heteroatoms. The zero-order chi connectivity index (χ0) is 24.0. The van der Waals surface area contributed by atoms with Crippen molar-refractivity contribution in [2.45, 2.75) is 20.1 Å². The van der Waals surface area contributed by atoms with Crippen LogP contribution in [0.2, 0.25) is 0 Å². The van der Waals surface area contributed by atoms with Crippen LogP contribution in [-0.4, -0.2) is 46.7 Å². The van der Waals surface area contributed by atoms with E-state index < -0.39 is 29.7 Å². The summed E-state index contributed by atoms with van der Waals surface area (Å²) < 4.78 is 11.2. The van der Waals surface area contributed by atoms with E-state index in [1.807, 2.05) is 6.07 Å². The summed E-state index contributed by atoms with van der Waals surface area (Å²) in [7, 11) is 1.51. The van der Waals surface area contributed by atoms with Crippen LogP contribution in [0.1, 0.15) is 28.0 Å². The standard InChI is InChI=1S/C21H23N5O6S/c1-3-25(16(27)11-32-20(29)14-12-33-15(23-14)10-31-2)17-18(22)26(21(30)24-19(17)28)9-13-7-5-4-6-8-13/h4-8,12H,3,9-11,22H2,1-2H3,(H,24,28,30). The number of amides is 1. The third-order valence-corrected chi connectivity index (χ3v) is 5.46. The summed E-state index contributed by atoms with van der Waals surface area (Å²) in [5, 5.41) is 2.09. The highest BCUT2D eigenvalue weighted by Gasteiger charge is 2.24. The summed E-state index contributed by atoms with van der Waals surface area (Å²) >= 11 is 1.23. The number of likely N-dealkylation sites (N-methyl/N-ethyl adjacent to an activating group) is 1. The molecule has 0 radical (unpaired) electrons. The Balaban J connectivity index is 1.80. The Bertz CT molecular complexity index is 1250. The highest BCUT2D eigenvalue weighted by Crippen LogP contribution is 2.18. The maximum Gasteiger partial charge on any atom is 0.358 e. The van der Waals surface area contributed by atoms with Crippen LogP contribution in [0.3, 0.4) is 0 Å². The largest absolute Gasteiger partial charge is 0.451 e. The third kappa shape index (κ3) is 5.54. The number of carbonyl (C=O) groups excluding carboxylic acids is 2. The Morgan fingerprint density at radius 2 is 1.97 bits per heavy atom. The second-order valence-corrected chi connectivity index (χ2v) is 7.78. The molecule has 0 aliphatic heterocycles. The number of methoxy groups -OCH3 is 1. The molecule has 33 heavy (non-hydrogen) atoms. The fourth-order valence-electron chi connectivity index (χ4n) is 3.09. The molecule has 0 saturated carbocycles. The van der Waals surface area contributed by atoms with E-state index in [-0.39, 0.29) is 36.9 Å². The summed E-state index contributed by atoms with van der Waals surface area (Å²) in [6.07, 6.45) is 0. The average Bonchev–Trinajstić information content (AvgIpc) is 3.27. The third-order valence-electron chi connectivity index (χ3n) is 4.64. The molecule has 2 aromatic heterocycles. The Kier molecular flexibility index (Phi) is 7.74. The van der Waals surface area contributed by atoms with E-state index in [0.717, 1.165) is 10.5 Å². The number of thiazole rings is 1. The first-order chi connectivity index (χ1) is 15.8. The molecule has 0 aliphatic carbocycles. The molecule has 0 atom stereocenters. The van der Waals surface area contributed by atoms with Gasteiger partial charge in [-0.1, -0.05) is 30.3 Å². The van der Waals surface area contributed by atoms with Crippen LogP contribution in [0, 0.1) is 0 Å². The lowest BCUT2D eigenvalue weighted by molar-refractivity contribution is -0.121. The van der Waals surface area contributed by atoms with Gasteiger partial charge in [0.2, 0.25) is 0 Å². The van der Waals surface area contributed by atoms with Crippen molar-refractivity contribution in [3.8, 4) is 0 Å². The SMILES string of the molecule is CCN(C(=O)COC(=O)c1csc(COC)n1)c1c(N)n(Cc2ccccc2)c(=O)[nH]c1=O. The normalized spacial score (nSPS) is 10.7. The van der Waals surface area contributed by atoms with Crippen LogP contribution < -0.4 is 21.9 Å². The van der Waals surface area contributed by atoms with E-state index in [9.17, 15) is 19.2 Å². The lowest BCUT2D eigenvalue weighted by Crippen LogP contribution is -2.42. The van der Waals surface area contributed by atoms with Crippen LogP contribution in [0.15, 0.2) is 45.3 Å². The number of hydrogen-bond donors (Lipinski definition) is 2. The predicted molar refractivity (Wildman–Crippen MR) is 122 cm³/mol. The van der Waals surface area contributed by atoms with Gasteiger partial charge >= 0.3 is 11.7 Å². The molecule has 0 aliphatic rings. The van der Waals surface area contributed by atoms with Crippen LogP contribution in [0.5, 0.6) is 0 Å².